The molecule has 164 valence electrons. The van der Waals surface area contributed by atoms with Crippen LogP contribution < -0.4 is 0 Å². The van der Waals surface area contributed by atoms with Crippen LogP contribution in [0.25, 0.3) is 22.3 Å². The van der Waals surface area contributed by atoms with Gasteiger partial charge in [0.15, 0.2) is 5.78 Å². The van der Waals surface area contributed by atoms with Gasteiger partial charge >= 0.3 is 0 Å². The molecule has 5 heteroatoms. The average Bonchev–Trinajstić information content (AvgIpc) is 2.92. The van der Waals surface area contributed by atoms with Crippen molar-refractivity contribution in [2.75, 3.05) is 0 Å². The molecule has 0 amide bonds. The van der Waals surface area contributed by atoms with Gasteiger partial charge < -0.3 is 0 Å². The summed E-state index contributed by atoms with van der Waals surface area (Å²) in [6, 6.07) is 23.6. The van der Waals surface area contributed by atoms with Crippen molar-refractivity contribution >= 4 is 30.9 Å². The highest BCUT2D eigenvalue weighted by atomic mass is 16.1. The Balaban J connectivity index is 1.58. The van der Waals surface area contributed by atoms with E-state index in [9.17, 15) is 24.0 Å². The molecular weight excluding hydrogens is 428 g/mol. The van der Waals surface area contributed by atoms with Gasteiger partial charge in [-0.3, -0.25) is 24.0 Å². The molecule has 0 fully saturated rings. The monoisotopic (exact) mass is 446 g/mol. The summed E-state index contributed by atoms with van der Waals surface area (Å²) in [6.07, 6.45) is 2.75. The summed E-state index contributed by atoms with van der Waals surface area (Å²) in [7, 11) is 0. The predicted octanol–water partition coefficient (Wildman–Crippen LogP) is 5.50. The van der Waals surface area contributed by atoms with Crippen LogP contribution in [-0.4, -0.2) is 30.9 Å². The van der Waals surface area contributed by atoms with Gasteiger partial charge in [-0.05, 0) is 58.7 Å². The van der Waals surface area contributed by atoms with Gasteiger partial charge in [-0.1, -0.05) is 48.5 Å². The number of aldehydes is 4. The third kappa shape index (κ3) is 4.69. The molecule has 4 aromatic carbocycles. The molecule has 4 aromatic rings. The lowest BCUT2D eigenvalue weighted by Crippen LogP contribution is -2.01. The number of rotatable bonds is 8. The predicted molar refractivity (Wildman–Crippen MR) is 129 cm³/mol. The van der Waals surface area contributed by atoms with Crippen molar-refractivity contribution in [3.05, 3.63) is 118 Å². The molecule has 0 bridgehead atoms. The van der Waals surface area contributed by atoms with E-state index in [1.807, 2.05) is 0 Å². The number of hydrogen-bond donors (Lipinski definition) is 0. The molecule has 0 aliphatic heterocycles. The fraction of sp³-hybridized carbons (Fsp3) is 0. The summed E-state index contributed by atoms with van der Waals surface area (Å²) < 4.78 is 0. The molecule has 0 spiro atoms. The first-order valence-electron chi connectivity index (χ1n) is 10.4. The number of ketones is 1. The zero-order valence-corrected chi connectivity index (χ0v) is 17.9. The fourth-order valence-electron chi connectivity index (χ4n) is 3.75. The van der Waals surface area contributed by atoms with Gasteiger partial charge in [0.05, 0.1) is 0 Å². The Bertz CT molecular complexity index is 1250. The second kappa shape index (κ2) is 9.79. The van der Waals surface area contributed by atoms with Gasteiger partial charge in [0, 0.05) is 33.4 Å². The minimum absolute atomic E-state index is 0.163. The Kier molecular flexibility index (Phi) is 6.46. The summed E-state index contributed by atoms with van der Waals surface area (Å²) in [5.74, 6) is -0.163. The molecule has 0 radical (unpaired) electrons. The number of carbonyl (C=O) groups excluding carboxylic acids is 5. The first kappa shape index (κ1) is 22.4. The minimum Gasteiger partial charge on any atom is -0.298 e. The zero-order chi connectivity index (χ0) is 24.1. The van der Waals surface area contributed by atoms with E-state index in [1.165, 1.54) is 12.1 Å². The highest BCUT2D eigenvalue weighted by Crippen LogP contribution is 2.25. The van der Waals surface area contributed by atoms with Crippen LogP contribution >= 0.6 is 0 Å². The number of hydrogen-bond acceptors (Lipinski definition) is 5. The Labute approximate surface area is 195 Å². The molecule has 0 aliphatic carbocycles. The highest BCUT2D eigenvalue weighted by Gasteiger charge is 2.11. The zero-order valence-electron chi connectivity index (χ0n) is 17.9. The normalized spacial score (nSPS) is 10.4. The van der Waals surface area contributed by atoms with Crippen molar-refractivity contribution in [3.63, 3.8) is 0 Å². The van der Waals surface area contributed by atoms with E-state index in [0.29, 0.717) is 69.7 Å². The molecule has 0 atom stereocenters. The topological polar surface area (TPSA) is 85.3 Å². The Hall–Kier alpha value is -4.77. The molecule has 0 saturated heterocycles. The number of carbonyl (C=O) groups is 5. The first-order chi connectivity index (χ1) is 16.5. The Morgan fingerprint density at radius 3 is 0.971 bits per heavy atom. The van der Waals surface area contributed by atoms with Gasteiger partial charge in [-0.15, -0.1) is 0 Å². The van der Waals surface area contributed by atoms with Crippen molar-refractivity contribution in [2.24, 2.45) is 0 Å². The van der Waals surface area contributed by atoms with Gasteiger partial charge in [0.25, 0.3) is 0 Å². The Morgan fingerprint density at radius 2 is 0.706 bits per heavy atom. The van der Waals surface area contributed by atoms with Crippen LogP contribution in [0, 0.1) is 0 Å². The molecule has 0 aromatic heterocycles. The standard InChI is InChI=1S/C29H18O5/c30-15-19-9-20(16-31)12-27(11-19)23-1-5-25(6-2-23)29(34)26-7-3-24(4-8-26)28-13-21(17-32)10-22(14-28)18-33/h1-18H. The minimum atomic E-state index is -0.163. The van der Waals surface area contributed by atoms with Crippen LogP contribution in [-0.2, 0) is 0 Å². The van der Waals surface area contributed by atoms with Crippen LogP contribution in [0.2, 0.25) is 0 Å². The quantitative estimate of drug-likeness (QED) is 0.263. The number of benzene rings is 4. The van der Waals surface area contributed by atoms with Crippen molar-refractivity contribution in [1.82, 2.24) is 0 Å². The molecule has 34 heavy (non-hydrogen) atoms. The third-order valence-electron chi connectivity index (χ3n) is 5.46. The SMILES string of the molecule is O=Cc1cc(C=O)cc(-c2ccc(C(=O)c3ccc(-c4cc(C=O)cc(C=O)c4)cc3)cc2)c1. The lowest BCUT2D eigenvalue weighted by atomic mass is 9.95. The van der Waals surface area contributed by atoms with E-state index in [4.69, 9.17) is 0 Å². The van der Waals surface area contributed by atoms with Gasteiger partial charge in [0.1, 0.15) is 25.1 Å². The van der Waals surface area contributed by atoms with Crippen LogP contribution in [0.1, 0.15) is 57.4 Å². The summed E-state index contributed by atoms with van der Waals surface area (Å²) in [4.78, 5) is 57.5. The molecular formula is C29H18O5. The van der Waals surface area contributed by atoms with Gasteiger partial charge in [-0.2, -0.15) is 0 Å². The van der Waals surface area contributed by atoms with Crippen molar-refractivity contribution in [1.29, 1.82) is 0 Å². The lowest BCUT2D eigenvalue weighted by Gasteiger charge is -2.08. The molecule has 0 heterocycles. The third-order valence-corrected chi connectivity index (χ3v) is 5.46. The lowest BCUT2D eigenvalue weighted by molar-refractivity contribution is 0.103. The van der Waals surface area contributed by atoms with E-state index < -0.39 is 0 Å². The second-order valence-electron chi connectivity index (χ2n) is 7.73. The first-order valence-corrected chi connectivity index (χ1v) is 10.4. The summed E-state index contributed by atoms with van der Waals surface area (Å²) in [5, 5.41) is 0. The summed E-state index contributed by atoms with van der Waals surface area (Å²) in [6.45, 7) is 0. The largest absolute Gasteiger partial charge is 0.298 e. The second-order valence-corrected chi connectivity index (χ2v) is 7.73. The van der Waals surface area contributed by atoms with E-state index in [1.54, 1.807) is 72.8 Å². The van der Waals surface area contributed by atoms with Crippen LogP contribution in [0.3, 0.4) is 0 Å². The van der Waals surface area contributed by atoms with Crippen LogP contribution in [0.4, 0.5) is 0 Å². The summed E-state index contributed by atoms with van der Waals surface area (Å²) in [5.41, 5.74) is 5.56. The van der Waals surface area contributed by atoms with Crippen molar-refractivity contribution in [3.8, 4) is 22.3 Å². The van der Waals surface area contributed by atoms with E-state index in [-0.39, 0.29) is 5.78 Å². The molecule has 0 N–H and O–H groups in total. The van der Waals surface area contributed by atoms with Crippen LogP contribution in [0.5, 0.6) is 0 Å². The van der Waals surface area contributed by atoms with Gasteiger partial charge in [0.2, 0.25) is 0 Å². The highest BCUT2D eigenvalue weighted by molar-refractivity contribution is 6.09. The molecule has 0 unspecified atom stereocenters. The Morgan fingerprint density at radius 1 is 0.412 bits per heavy atom. The molecule has 4 rings (SSSR count). The molecule has 5 nitrogen and oxygen atoms in total. The smallest absolute Gasteiger partial charge is 0.193 e. The van der Waals surface area contributed by atoms with Crippen LogP contribution in [0.15, 0.2) is 84.9 Å². The van der Waals surface area contributed by atoms with E-state index >= 15 is 0 Å². The average molecular weight is 446 g/mol. The van der Waals surface area contributed by atoms with Gasteiger partial charge in [-0.25, -0.2) is 0 Å². The van der Waals surface area contributed by atoms with Crippen molar-refractivity contribution < 1.29 is 24.0 Å². The summed E-state index contributed by atoms with van der Waals surface area (Å²) >= 11 is 0. The van der Waals surface area contributed by atoms with Crippen molar-refractivity contribution in [2.45, 2.75) is 0 Å². The maximum atomic E-state index is 13.0. The molecule has 0 saturated carbocycles. The van der Waals surface area contributed by atoms with E-state index in [0.717, 1.165) is 11.1 Å². The fourth-order valence-corrected chi connectivity index (χ4v) is 3.75. The van der Waals surface area contributed by atoms with E-state index in [2.05, 4.69) is 0 Å². The maximum absolute atomic E-state index is 13.0. The maximum Gasteiger partial charge on any atom is 0.193 e. The molecule has 0 aliphatic rings.